The molecule has 2 aromatic rings. The van der Waals surface area contributed by atoms with Crippen LogP contribution in [0, 0.1) is 0 Å². The van der Waals surface area contributed by atoms with Gasteiger partial charge in [0.2, 0.25) is 5.95 Å². The molecule has 2 aromatic heterocycles. The predicted molar refractivity (Wildman–Crippen MR) is 119 cm³/mol. The van der Waals surface area contributed by atoms with Gasteiger partial charge in [0, 0.05) is 62.9 Å². The highest BCUT2D eigenvalue weighted by atomic mass is 15.3. The molecule has 1 N–H and O–H groups in total. The molecule has 1 saturated carbocycles. The van der Waals surface area contributed by atoms with Crippen molar-refractivity contribution < 1.29 is 0 Å². The molecule has 4 rings (SSSR count). The summed E-state index contributed by atoms with van der Waals surface area (Å²) in [5.41, 5.74) is 2.62. The fraction of sp³-hybridized carbons (Fsp3) is 0.696. The second-order valence-corrected chi connectivity index (χ2v) is 8.14. The molecule has 6 nitrogen and oxygen atoms in total. The summed E-state index contributed by atoms with van der Waals surface area (Å²) in [6.45, 7) is 11.0. The molecule has 6 heteroatoms. The number of aryl methyl sites for hydroxylation is 3. The van der Waals surface area contributed by atoms with Crippen LogP contribution in [0.1, 0.15) is 70.0 Å². The molecule has 3 heterocycles. The third-order valence-electron chi connectivity index (χ3n) is 6.03. The van der Waals surface area contributed by atoms with Crippen LogP contribution in [0.15, 0.2) is 18.6 Å². The van der Waals surface area contributed by atoms with Gasteiger partial charge >= 0.3 is 0 Å². The summed E-state index contributed by atoms with van der Waals surface area (Å²) in [7, 11) is 0. The first-order valence-electron chi connectivity index (χ1n) is 11.6. The number of H-pyrrole nitrogens is 1. The number of hydrogen-bond acceptors (Lipinski definition) is 5. The smallest absolute Gasteiger partial charge is 0.225 e. The maximum atomic E-state index is 4.91. The lowest BCUT2D eigenvalue weighted by Gasteiger charge is -2.43. The number of rotatable bonds is 7. The van der Waals surface area contributed by atoms with Crippen molar-refractivity contribution in [1.29, 1.82) is 0 Å². The first-order chi connectivity index (χ1) is 14.2. The molecule has 2 fully saturated rings. The third-order valence-corrected chi connectivity index (χ3v) is 6.03. The Balaban J connectivity index is 0.000000290. The van der Waals surface area contributed by atoms with E-state index in [-0.39, 0.29) is 0 Å². The fourth-order valence-corrected chi connectivity index (χ4v) is 4.05. The molecule has 0 bridgehead atoms. The quantitative estimate of drug-likeness (QED) is 0.763. The Labute approximate surface area is 176 Å². The van der Waals surface area contributed by atoms with Gasteiger partial charge < -0.3 is 9.88 Å². The lowest BCUT2D eigenvalue weighted by atomic mass is 9.91. The van der Waals surface area contributed by atoms with Crippen LogP contribution >= 0.6 is 0 Å². The van der Waals surface area contributed by atoms with E-state index in [1.165, 1.54) is 50.0 Å². The van der Waals surface area contributed by atoms with E-state index in [0.717, 1.165) is 56.6 Å². The van der Waals surface area contributed by atoms with Gasteiger partial charge in [-0.3, -0.25) is 4.90 Å². The molecular formula is C23H38N6. The van der Waals surface area contributed by atoms with Crippen molar-refractivity contribution in [2.24, 2.45) is 0 Å². The molecular weight excluding hydrogens is 360 g/mol. The van der Waals surface area contributed by atoms with Gasteiger partial charge in [-0.05, 0) is 31.2 Å². The number of imidazole rings is 1. The van der Waals surface area contributed by atoms with Crippen LogP contribution < -0.4 is 4.90 Å². The predicted octanol–water partition coefficient (Wildman–Crippen LogP) is 4.03. The number of piperazine rings is 1. The Hall–Kier alpha value is -1.95. The first kappa shape index (κ1) is 21.8. The van der Waals surface area contributed by atoms with Crippen molar-refractivity contribution in [1.82, 2.24) is 24.8 Å². The van der Waals surface area contributed by atoms with Crippen LogP contribution in [-0.2, 0) is 19.3 Å². The van der Waals surface area contributed by atoms with Gasteiger partial charge in [0.05, 0.1) is 0 Å². The Morgan fingerprint density at radius 2 is 1.76 bits per heavy atom. The molecule has 1 aliphatic carbocycles. The van der Waals surface area contributed by atoms with Crippen molar-refractivity contribution in [3.63, 3.8) is 0 Å². The molecule has 0 radical (unpaired) electrons. The molecule has 29 heavy (non-hydrogen) atoms. The SMILES string of the molecule is CCCc1cnc(N2CCN(C3CCC3)CC2)nc1CCC.CCc1ncc[nH]1. The Kier molecular flexibility index (Phi) is 8.47. The molecule has 0 unspecified atom stereocenters. The number of aromatic nitrogens is 4. The highest BCUT2D eigenvalue weighted by Gasteiger charge is 2.28. The summed E-state index contributed by atoms with van der Waals surface area (Å²) >= 11 is 0. The van der Waals surface area contributed by atoms with E-state index in [2.05, 4.69) is 51.7 Å². The van der Waals surface area contributed by atoms with Crippen LogP contribution in [0.4, 0.5) is 5.95 Å². The third kappa shape index (κ3) is 6.01. The van der Waals surface area contributed by atoms with Crippen molar-refractivity contribution >= 4 is 5.95 Å². The lowest BCUT2D eigenvalue weighted by Crippen LogP contribution is -2.52. The minimum Gasteiger partial charge on any atom is -0.349 e. The molecule has 160 valence electrons. The normalized spacial score (nSPS) is 17.6. The van der Waals surface area contributed by atoms with E-state index in [9.17, 15) is 0 Å². The lowest BCUT2D eigenvalue weighted by molar-refractivity contribution is 0.120. The van der Waals surface area contributed by atoms with Gasteiger partial charge in [-0.25, -0.2) is 15.0 Å². The van der Waals surface area contributed by atoms with Gasteiger partial charge in [0.15, 0.2) is 0 Å². The maximum absolute atomic E-state index is 4.91. The van der Waals surface area contributed by atoms with E-state index in [1.807, 2.05) is 6.20 Å². The second-order valence-electron chi connectivity index (χ2n) is 8.14. The van der Waals surface area contributed by atoms with Crippen LogP contribution in [0.2, 0.25) is 0 Å². The zero-order valence-electron chi connectivity index (χ0n) is 18.5. The Morgan fingerprint density at radius 1 is 1.00 bits per heavy atom. The molecule has 0 spiro atoms. The minimum atomic E-state index is 0.866. The Bertz CT molecular complexity index is 702. The summed E-state index contributed by atoms with van der Waals surface area (Å²) in [6.07, 6.45) is 15.4. The summed E-state index contributed by atoms with van der Waals surface area (Å²) < 4.78 is 0. The molecule has 2 aliphatic rings. The molecule has 1 aliphatic heterocycles. The standard InChI is InChI=1S/C18H30N4.C5H8N2/c1-3-6-15-14-19-18(20-17(15)7-4-2)22-12-10-21(11-13-22)16-8-5-9-16;1-2-5-6-3-4-7-5/h14,16H,3-13H2,1-2H3;3-4H,2H2,1H3,(H,6,7). The summed E-state index contributed by atoms with van der Waals surface area (Å²) in [5.74, 6) is 2.01. The van der Waals surface area contributed by atoms with Crippen molar-refractivity contribution in [3.8, 4) is 0 Å². The highest BCUT2D eigenvalue weighted by molar-refractivity contribution is 5.34. The molecule has 0 amide bonds. The monoisotopic (exact) mass is 398 g/mol. The zero-order chi connectivity index (χ0) is 20.5. The number of nitrogens with zero attached hydrogens (tertiary/aromatic N) is 5. The topological polar surface area (TPSA) is 60.9 Å². The van der Waals surface area contributed by atoms with Crippen molar-refractivity contribution in [2.75, 3.05) is 31.1 Å². The number of anilines is 1. The maximum Gasteiger partial charge on any atom is 0.225 e. The van der Waals surface area contributed by atoms with Crippen molar-refractivity contribution in [2.45, 2.75) is 78.2 Å². The highest BCUT2D eigenvalue weighted by Crippen LogP contribution is 2.26. The molecule has 0 aromatic carbocycles. The van der Waals surface area contributed by atoms with Crippen LogP contribution in [0.25, 0.3) is 0 Å². The van der Waals surface area contributed by atoms with Gasteiger partial charge in [0.25, 0.3) is 0 Å². The van der Waals surface area contributed by atoms with E-state index < -0.39 is 0 Å². The Morgan fingerprint density at radius 3 is 2.28 bits per heavy atom. The van der Waals surface area contributed by atoms with E-state index in [1.54, 1.807) is 6.20 Å². The number of aromatic amines is 1. The van der Waals surface area contributed by atoms with Crippen LogP contribution in [0.5, 0.6) is 0 Å². The van der Waals surface area contributed by atoms with Crippen LogP contribution in [-0.4, -0.2) is 57.1 Å². The molecule has 1 saturated heterocycles. The van der Waals surface area contributed by atoms with Crippen molar-refractivity contribution in [3.05, 3.63) is 35.7 Å². The van der Waals surface area contributed by atoms with Gasteiger partial charge in [0.1, 0.15) is 5.82 Å². The summed E-state index contributed by atoms with van der Waals surface area (Å²) in [6, 6.07) is 0.866. The van der Waals surface area contributed by atoms with E-state index >= 15 is 0 Å². The van der Waals surface area contributed by atoms with Gasteiger partial charge in [-0.1, -0.05) is 40.0 Å². The average molecular weight is 399 g/mol. The van der Waals surface area contributed by atoms with Gasteiger partial charge in [-0.15, -0.1) is 0 Å². The number of nitrogens with one attached hydrogen (secondary N) is 1. The molecule has 0 atom stereocenters. The summed E-state index contributed by atoms with van der Waals surface area (Å²) in [4.78, 5) is 21.6. The van der Waals surface area contributed by atoms with Gasteiger partial charge in [-0.2, -0.15) is 0 Å². The fourth-order valence-electron chi connectivity index (χ4n) is 4.05. The van der Waals surface area contributed by atoms with E-state index in [4.69, 9.17) is 4.98 Å². The largest absolute Gasteiger partial charge is 0.349 e. The van der Waals surface area contributed by atoms with E-state index in [0.29, 0.717) is 0 Å². The van der Waals surface area contributed by atoms with Crippen LogP contribution in [0.3, 0.4) is 0 Å². The average Bonchev–Trinajstić information content (AvgIpc) is 3.24. The summed E-state index contributed by atoms with van der Waals surface area (Å²) in [5, 5.41) is 0. The second kappa shape index (κ2) is 11.3. The minimum absolute atomic E-state index is 0.866. The number of hydrogen-bond donors (Lipinski definition) is 1. The zero-order valence-corrected chi connectivity index (χ0v) is 18.5. The first-order valence-corrected chi connectivity index (χ1v) is 11.6.